The Morgan fingerprint density at radius 2 is 2.10 bits per heavy atom. The second kappa shape index (κ2) is 5.91. The van der Waals surface area contributed by atoms with E-state index >= 15 is 0 Å². The predicted octanol–water partition coefficient (Wildman–Crippen LogP) is 1.33. The molecule has 116 valence electrons. The number of aliphatic hydroxyl groups excluding tert-OH is 1. The van der Waals surface area contributed by atoms with E-state index in [1.807, 2.05) is 0 Å². The Kier molecular flexibility index (Phi) is 4.37. The molecule has 2 aliphatic heterocycles. The van der Waals surface area contributed by atoms with Crippen molar-refractivity contribution in [2.75, 3.05) is 40.3 Å². The minimum absolute atomic E-state index is 0.152. The van der Waals surface area contributed by atoms with Crippen molar-refractivity contribution >= 4 is 0 Å². The van der Waals surface area contributed by atoms with Gasteiger partial charge in [0.15, 0.2) is 0 Å². The first-order valence-electron chi connectivity index (χ1n) is 8.29. The summed E-state index contributed by atoms with van der Waals surface area (Å²) in [7, 11) is 4.38. The zero-order valence-electron chi connectivity index (χ0n) is 13.1. The molecular weight excluding hydrogens is 252 g/mol. The lowest BCUT2D eigenvalue weighted by Gasteiger charge is -2.48. The summed E-state index contributed by atoms with van der Waals surface area (Å²) in [6, 6.07) is 0.504. The van der Waals surface area contributed by atoms with Crippen LogP contribution in [0.3, 0.4) is 0 Å². The third-order valence-electron chi connectivity index (χ3n) is 5.83. The zero-order valence-corrected chi connectivity index (χ0v) is 13.1. The van der Waals surface area contributed by atoms with Gasteiger partial charge < -0.3 is 19.6 Å². The normalized spacial score (nSPS) is 36.8. The smallest absolute Gasteiger partial charge is 0.0686 e. The molecule has 2 heterocycles. The topological polar surface area (TPSA) is 35.9 Å². The Bertz CT molecular complexity index is 332. The molecular formula is C16H30N2O2. The summed E-state index contributed by atoms with van der Waals surface area (Å²) in [5.74, 6) is 0.449. The minimum Gasteiger partial charge on any atom is -0.393 e. The molecule has 1 saturated carbocycles. The zero-order chi connectivity index (χ0) is 14.2. The maximum atomic E-state index is 10.7. The van der Waals surface area contributed by atoms with Gasteiger partial charge in [-0.05, 0) is 58.5 Å². The van der Waals surface area contributed by atoms with E-state index in [1.54, 1.807) is 0 Å². The fraction of sp³-hybridized carbons (Fsp3) is 1.00. The van der Waals surface area contributed by atoms with Crippen LogP contribution in [-0.2, 0) is 4.74 Å². The van der Waals surface area contributed by atoms with Gasteiger partial charge in [-0.2, -0.15) is 0 Å². The van der Waals surface area contributed by atoms with Crippen LogP contribution in [0.4, 0.5) is 0 Å². The maximum absolute atomic E-state index is 10.7. The van der Waals surface area contributed by atoms with Gasteiger partial charge in [-0.25, -0.2) is 0 Å². The molecule has 0 aromatic rings. The standard InChI is InChI=1S/C16H30N2O2/c1-17-7-8-18(2)14(12-17)10-15(19)13-4-9-20-16(11-13)5-3-6-16/h13-15,19H,3-12H2,1-2H3. The van der Waals surface area contributed by atoms with Crippen LogP contribution in [0.1, 0.15) is 38.5 Å². The van der Waals surface area contributed by atoms with E-state index in [-0.39, 0.29) is 11.7 Å². The molecule has 1 N–H and O–H groups in total. The number of rotatable bonds is 3. The van der Waals surface area contributed by atoms with Crippen LogP contribution in [0.5, 0.6) is 0 Å². The lowest BCUT2D eigenvalue weighted by Crippen LogP contribution is -2.53. The van der Waals surface area contributed by atoms with E-state index in [4.69, 9.17) is 4.74 Å². The average molecular weight is 282 g/mol. The molecule has 3 fully saturated rings. The molecule has 0 aromatic carbocycles. The second-order valence-corrected chi connectivity index (χ2v) is 7.34. The van der Waals surface area contributed by atoms with Crippen molar-refractivity contribution in [2.45, 2.75) is 56.3 Å². The van der Waals surface area contributed by atoms with E-state index in [0.717, 1.165) is 45.5 Å². The summed E-state index contributed by atoms with van der Waals surface area (Å²) >= 11 is 0. The van der Waals surface area contributed by atoms with Gasteiger partial charge in [-0.3, -0.25) is 0 Å². The average Bonchev–Trinajstić information content (AvgIpc) is 2.41. The molecule has 0 amide bonds. The number of hydrogen-bond donors (Lipinski definition) is 1. The van der Waals surface area contributed by atoms with Gasteiger partial charge in [0.05, 0.1) is 11.7 Å². The highest BCUT2D eigenvalue weighted by molar-refractivity contribution is 4.96. The summed E-state index contributed by atoms with van der Waals surface area (Å²) < 4.78 is 5.98. The minimum atomic E-state index is -0.157. The highest BCUT2D eigenvalue weighted by Crippen LogP contribution is 2.45. The van der Waals surface area contributed by atoms with Crippen molar-refractivity contribution in [3.05, 3.63) is 0 Å². The number of piperazine rings is 1. The van der Waals surface area contributed by atoms with E-state index < -0.39 is 0 Å². The van der Waals surface area contributed by atoms with E-state index in [2.05, 4.69) is 23.9 Å². The van der Waals surface area contributed by atoms with Crippen LogP contribution >= 0.6 is 0 Å². The first kappa shape index (κ1) is 14.8. The van der Waals surface area contributed by atoms with Crippen molar-refractivity contribution in [3.63, 3.8) is 0 Å². The molecule has 0 aromatic heterocycles. The van der Waals surface area contributed by atoms with E-state index in [0.29, 0.717) is 12.0 Å². The van der Waals surface area contributed by atoms with Crippen molar-refractivity contribution < 1.29 is 9.84 Å². The fourth-order valence-corrected chi connectivity index (χ4v) is 4.14. The van der Waals surface area contributed by atoms with Gasteiger partial charge in [0.25, 0.3) is 0 Å². The lowest BCUT2D eigenvalue weighted by atomic mass is 9.70. The molecule has 1 spiro atoms. The van der Waals surface area contributed by atoms with Gasteiger partial charge in [0.2, 0.25) is 0 Å². The van der Waals surface area contributed by atoms with E-state index in [9.17, 15) is 5.11 Å². The fourth-order valence-electron chi connectivity index (χ4n) is 4.14. The lowest BCUT2D eigenvalue weighted by molar-refractivity contribution is -0.158. The number of ether oxygens (including phenoxy) is 1. The number of nitrogens with zero attached hydrogens (tertiary/aromatic N) is 2. The highest BCUT2D eigenvalue weighted by Gasteiger charge is 2.44. The van der Waals surface area contributed by atoms with E-state index in [1.165, 1.54) is 19.3 Å². The molecule has 0 bridgehead atoms. The van der Waals surface area contributed by atoms with Gasteiger partial charge in [0.1, 0.15) is 0 Å². The molecule has 3 rings (SSSR count). The van der Waals surface area contributed by atoms with Gasteiger partial charge in [-0.1, -0.05) is 0 Å². The van der Waals surface area contributed by atoms with Crippen LogP contribution in [0, 0.1) is 5.92 Å². The molecule has 0 radical (unpaired) electrons. The van der Waals surface area contributed by atoms with Crippen LogP contribution in [0.2, 0.25) is 0 Å². The Balaban J connectivity index is 1.54. The summed E-state index contributed by atoms with van der Waals surface area (Å²) in [5.41, 5.74) is 0.152. The Morgan fingerprint density at radius 1 is 1.30 bits per heavy atom. The second-order valence-electron chi connectivity index (χ2n) is 7.34. The van der Waals surface area contributed by atoms with Gasteiger partial charge >= 0.3 is 0 Å². The van der Waals surface area contributed by atoms with Crippen LogP contribution in [0.15, 0.2) is 0 Å². The first-order valence-corrected chi connectivity index (χ1v) is 8.29. The number of likely N-dealkylation sites (N-methyl/N-ethyl adjacent to an activating group) is 2. The van der Waals surface area contributed by atoms with Crippen molar-refractivity contribution in [1.29, 1.82) is 0 Å². The maximum Gasteiger partial charge on any atom is 0.0686 e. The molecule has 3 unspecified atom stereocenters. The predicted molar refractivity (Wildman–Crippen MR) is 79.8 cm³/mol. The molecule has 4 heteroatoms. The molecule has 4 nitrogen and oxygen atoms in total. The van der Waals surface area contributed by atoms with Crippen LogP contribution in [0.25, 0.3) is 0 Å². The monoisotopic (exact) mass is 282 g/mol. The van der Waals surface area contributed by atoms with Crippen LogP contribution in [-0.4, -0.2) is 73.0 Å². The van der Waals surface area contributed by atoms with Gasteiger partial charge in [0, 0.05) is 32.3 Å². The number of hydrogen-bond acceptors (Lipinski definition) is 4. The molecule has 1 aliphatic carbocycles. The largest absolute Gasteiger partial charge is 0.393 e. The quantitative estimate of drug-likeness (QED) is 0.847. The SMILES string of the molecule is CN1CCN(C)C(CC(O)C2CCOC3(CCC3)C2)C1. The Hall–Kier alpha value is -0.160. The Morgan fingerprint density at radius 3 is 2.80 bits per heavy atom. The first-order chi connectivity index (χ1) is 9.58. The third kappa shape index (κ3) is 3.03. The molecule has 3 atom stereocenters. The van der Waals surface area contributed by atoms with Gasteiger partial charge in [-0.15, -0.1) is 0 Å². The summed E-state index contributed by atoms with van der Waals surface area (Å²) in [4.78, 5) is 4.80. The van der Waals surface area contributed by atoms with Crippen molar-refractivity contribution in [3.8, 4) is 0 Å². The summed E-state index contributed by atoms with van der Waals surface area (Å²) in [5, 5.41) is 10.7. The molecule has 3 aliphatic rings. The Labute approximate surface area is 123 Å². The van der Waals surface area contributed by atoms with Crippen LogP contribution < -0.4 is 0 Å². The third-order valence-corrected chi connectivity index (χ3v) is 5.83. The van der Waals surface area contributed by atoms with Crippen molar-refractivity contribution in [2.24, 2.45) is 5.92 Å². The summed E-state index contributed by atoms with van der Waals surface area (Å²) in [6.45, 7) is 4.19. The highest BCUT2D eigenvalue weighted by atomic mass is 16.5. The molecule has 2 saturated heterocycles. The molecule has 20 heavy (non-hydrogen) atoms. The summed E-state index contributed by atoms with van der Waals surface area (Å²) in [6.07, 6.45) is 6.61. The number of aliphatic hydroxyl groups is 1. The van der Waals surface area contributed by atoms with Crippen molar-refractivity contribution in [1.82, 2.24) is 9.80 Å².